The molecule has 0 radical (unpaired) electrons. The van der Waals surface area contributed by atoms with Crippen molar-refractivity contribution in [1.82, 2.24) is 9.21 Å². The number of hydrogen-bond donors (Lipinski definition) is 0. The summed E-state index contributed by atoms with van der Waals surface area (Å²) in [7, 11) is -4.34. The number of para-hydroxylation sites is 1. The van der Waals surface area contributed by atoms with Crippen LogP contribution < -0.4 is 4.74 Å². The summed E-state index contributed by atoms with van der Waals surface area (Å²) >= 11 is 0. The second-order valence-corrected chi connectivity index (χ2v) is 9.45. The molecule has 2 heterocycles. The number of fused-ring (bicyclic) bond motifs is 1. The number of halogens is 3. The van der Waals surface area contributed by atoms with Gasteiger partial charge in [0.1, 0.15) is 12.4 Å². The Morgan fingerprint density at radius 3 is 2.32 bits per heavy atom. The van der Waals surface area contributed by atoms with Gasteiger partial charge in [0.25, 0.3) is 0 Å². The molecule has 0 aliphatic carbocycles. The predicted octanol–water partition coefficient (Wildman–Crippen LogP) is 2.79. The van der Waals surface area contributed by atoms with Gasteiger partial charge in [-0.25, -0.2) is 8.42 Å². The van der Waals surface area contributed by atoms with Crippen molar-refractivity contribution in [3.63, 3.8) is 0 Å². The quantitative estimate of drug-likeness (QED) is 0.716. The molecular weight excluding hydrogens is 433 g/mol. The topological polar surface area (TPSA) is 66.9 Å². The molecule has 0 spiro atoms. The van der Waals surface area contributed by atoms with Crippen molar-refractivity contribution in [1.29, 1.82) is 0 Å². The maximum Gasteiger partial charge on any atom is 0.417 e. The number of carbonyl (C=O) groups is 1. The summed E-state index contributed by atoms with van der Waals surface area (Å²) in [4.78, 5) is 13.7. The van der Waals surface area contributed by atoms with Crippen LogP contribution in [0.5, 0.6) is 5.75 Å². The van der Waals surface area contributed by atoms with Gasteiger partial charge in [-0.3, -0.25) is 4.79 Å². The van der Waals surface area contributed by atoms with Crippen molar-refractivity contribution in [3.05, 3.63) is 59.7 Å². The predicted molar refractivity (Wildman–Crippen MR) is 106 cm³/mol. The van der Waals surface area contributed by atoms with E-state index in [-0.39, 0.29) is 44.6 Å². The van der Waals surface area contributed by atoms with Crippen LogP contribution in [0.2, 0.25) is 0 Å². The van der Waals surface area contributed by atoms with E-state index in [2.05, 4.69) is 0 Å². The van der Waals surface area contributed by atoms with Crippen molar-refractivity contribution in [2.75, 3.05) is 32.8 Å². The molecule has 4 rings (SSSR count). The SMILES string of the molecule is O=C([C@H]1COc2ccccc2C1)N1CCN(S(=O)(=O)c2ccccc2C(F)(F)F)CC1. The van der Waals surface area contributed by atoms with Gasteiger partial charge in [0, 0.05) is 26.2 Å². The normalized spacial score (nSPS) is 20.1. The van der Waals surface area contributed by atoms with Gasteiger partial charge < -0.3 is 9.64 Å². The smallest absolute Gasteiger partial charge is 0.417 e. The summed E-state index contributed by atoms with van der Waals surface area (Å²) < 4.78 is 72.3. The zero-order valence-electron chi connectivity index (χ0n) is 16.5. The van der Waals surface area contributed by atoms with Crippen molar-refractivity contribution in [3.8, 4) is 5.75 Å². The molecule has 2 aromatic carbocycles. The van der Waals surface area contributed by atoms with Crippen molar-refractivity contribution >= 4 is 15.9 Å². The van der Waals surface area contributed by atoms with Crippen LogP contribution in [-0.4, -0.2) is 56.3 Å². The molecule has 10 heteroatoms. The molecule has 0 N–H and O–H groups in total. The van der Waals surface area contributed by atoms with Gasteiger partial charge in [-0.1, -0.05) is 30.3 Å². The number of nitrogens with zero attached hydrogens (tertiary/aromatic N) is 2. The number of ether oxygens (including phenoxy) is 1. The molecular formula is C21H21F3N2O4S. The van der Waals surface area contributed by atoms with Gasteiger partial charge in [0.05, 0.1) is 16.4 Å². The molecule has 2 aromatic rings. The van der Waals surface area contributed by atoms with Crippen molar-refractivity contribution in [2.45, 2.75) is 17.5 Å². The molecule has 1 fully saturated rings. The van der Waals surface area contributed by atoms with Crippen LogP contribution in [0.1, 0.15) is 11.1 Å². The number of hydrogen-bond acceptors (Lipinski definition) is 4. The molecule has 6 nitrogen and oxygen atoms in total. The second-order valence-electron chi connectivity index (χ2n) is 7.54. The van der Waals surface area contributed by atoms with E-state index in [9.17, 15) is 26.4 Å². The van der Waals surface area contributed by atoms with E-state index in [1.807, 2.05) is 24.3 Å². The highest BCUT2D eigenvalue weighted by atomic mass is 32.2. The molecule has 0 bridgehead atoms. The highest BCUT2D eigenvalue weighted by Gasteiger charge is 2.40. The first kappa shape index (κ1) is 21.6. The lowest BCUT2D eigenvalue weighted by atomic mass is 9.95. The monoisotopic (exact) mass is 454 g/mol. The Bertz CT molecular complexity index is 1080. The van der Waals surface area contributed by atoms with Gasteiger partial charge in [-0.2, -0.15) is 17.5 Å². The van der Waals surface area contributed by atoms with Crippen LogP contribution in [0.15, 0.2) is 53.4 Å². The number of rotatable bonds is 3. The largest absolute Gasteiger partial charge is 0.492 e. The highest BCUT2D eigenvalue weighted by molar-refractivity contribution is 7.89. The Kier molecular flexibility index (Phi) is 5.69. The van der Waals surface area contributed by atoms with E-state index in [1.54, 1.807) is 4.90 Å². The van der Waals surface area contributed by atoms with E-state index in [0.29, 0.717) is 6.42 Å². The van der Waals surface area contributed by atoms with Crippen LogP contribution >= 0.6 is 0 Å². The number of sulfonamides is 1. The first-order valence-electron chi connectivity index (χ1n) is 9.84. The molecule has 1 amide bonds. The van der Waals surface area contributed by atoms with Crippen LogP contribution in [-0.2, 0) is 27.4 Å². The Morgan fingerprint density at radius 1 is 0.968 bits per heavy atom. The Hall–Kier alpha value is -2.59. The van der Waals surface area contributed by atoms with Gasteiger partial charge in [-0.05, 0) is 30.2 Å². The van der Waals surface area contributed by atoms with Gasteiger partial charge in [0.15, 0.2) is 0 Å². The molecule has 31 heavy (non-hydrogen) atoms. The van der Waals surface area contributed by atoms with Crippen LogP contribution in [0.3, 0.4) is 0 Å². The molecule has 2 aliphatic rings. The average molecular weight is 454 g/mol. The number of alkyl halides is 3. The lowest BCUT2D eigenvalue weighted by molar-refractivity contribution is -0.140. The summed E-state index contributed by atoms with van der Waals surface area (Å²) in [5.41, 5.74) is -0.247. The Labute approximate surface area is 178 Å². The van der Waals surface area contributed by atoms with Gasteiger partial charge in [-0.15, -0.1) is 0 Å². The number of piperazine rings is 1. The Balaban J connectivity index is 1.44. The zero-order chi connectivity index (χ0) is 22.2. The maximum absolute atomic E-state index is 13.3. The highest BCUT2D eigenvalue weighted by Crippen LogP contribution is 2.35. The lowest BCUT2D eigenvalue weighted by Gasteiger charge is -2.37. The van der Waals surface area contributed by atoms with E-state index >= 15 is 0 Å². The van der Waals surface area contributed by atoms with E-state index in [0.717, 1.165) is 33.8 Å². The fourth-order valence-corrected chi connectivity index (χ4v) is 5.59. The van der Waals surface area contributed by atoms with E-state index in [1.165, 1.54) is 6.07 Å². The lowest BCUT2D eigenvalue weighted by Crippen LogP contribution is -2.53. The average Bonchev–Trinajstić information content (AvgIpc) is 2.78. The van der Waals surface area contributed by atoms with Gasteiger partial charge in [0.2, 0.25) is 15.9 Å². The molecule has 2 aliphatic heterocycles. The molecule has 1 saturated heterocycles. The number of amides is 1. The first-order valence-corrected chi connectivity index (χ1v) is 11.3. The van der Waals surface area contributed by atoms with Gasteiger partial charge >= 0.3 is 6.18 Å². The maximum atomic E-state index is 13.3. The van der Waals surface area contributed by atoms with E-state index in [4.69, 9.17) is 4.74 Å². The summed E-state index contributed by atoms with van der Waals surface area (Å²) in [5, 5.41) is 0. The third-order valence-corrected chi connectivity index (χ3v) is 7.55. The second kappa shape index (κ2) is 8.16. The third-order valence-electron chi connectivity index (χ3n) is 5.59. The molecule has 0 aromatic heterocycles. The summed E-state index contributed by atoms with van der Waals surface area (Å²) in [5.74, 6) is 0.247. The van der Waals surface area contributed by atoms with Crippen molar-refractivity contribution < 1.29 is 31.1 Å². The minimum atomic E-state index is -4.78. The van der Waals surface area contributed by atoms with E-state index < -0.39 is 26.7 Å². The minimum absolute atomic E-state index is 0.0651. The third kappa shape index (κ3) is 4.27. The summed E-state index contributed by atoms with van der Waals surface area (Å²) in [6.45, 7) is 0.344. The molecule has 1 atom stereocenters. The number of benzene rings is 2. The Morgan fingerprint density at radius 2 is 1.61 bits per heavy atom. The zero-order valence-corrected chi connectivity index (χ0v) is 17.3. The summed E-state index contributed by atoms with van der Waals surface area (Å²) in [6.07, 6.45) is -4.24. The van der Waals surface area contributed by atoms with Crippen LogP contribution in [0.4, 0.5) is 13.2 Å². The van der Waals surface area contributed by atoms with Crippen molar-refractivity contribution in [2.24, 2.45) is 5.92 Å². The first-order chi connectivity index (χ1) is 14.7. The minimum Gasteiger partial charge on any atom is -0.492 e. The number of carbonyl (C=O) groups excluding carboxylic acids is 1. The summed E-state index contributed by atoms with van der Waals surface area (Å²) in [6, 6.07) is 11.6. The molecule has 166 valence electrons. The fourth-order valence-electron chi connectivity index (χ4n) is 3.96. The molecule has 0 saturated carbocycles. The standard InChI is InChI=1S/C21H21F3N2O4S/c22-21(23,24)17-6-2-4-8-19(17)31(28,29)26-11-9-25(10-12-26)20(27)16-13-15-5-1-3-7-18(15)30-14-16/h1-8,16H,9-14H2/t16-/m1/s1. The van der Waals surface area contributed by atoms with Crippen LogP contribution in [0, 0.1) is 5.92 Å². The molecule has 0 unspecified atom stereocenters. The van der Waals surface area contributed by atoms with Crippen LogP contribution in [0.25, 0.3) is 0 Å². The fraction of sp³-hybridized carbons (Fsp3) is 0.381.